The Kier molecular flexibility index (Phi) is 4.20. The molecule has 7 heteroatoms. The summed E-state index contributed by atoms with van der Waals surface area (Å²) in [7, 11) is 0. The van der Waals surface area contributed by atoms with Gasteiger partial charge in [0.15, 0.2) is 5.16 Å². The molecule has 3 N–H and O–H groups in total. The van der Waals surface area contributed by atoms with Crippen molar-refractivity contribution in [1.29, 1.82) is 0 Å². The number of amides is 1. The highest BCUT2D eigenvalue weighted by molar-refractivity contribution is 7.99. The number of hydrogen-bond donors (Lipinski definition) is 3. The van der Waals surface area contributed by atoms with E-state index in [2.05, 4.69) is 20.3 Å². The molecule has 23 heavy (non-hydrogen) atoms. The number of pyridine rings is 1. The molecule has 0 fully saturated rings. The topological polar surface area (TPSA) is 90.9 Å². The smallest absolute Gasteiger partial charge is 0.234 e. The molecule has 3 aromatic rings. The van der Waals surface area contributed by atoms with E-state index < -0.39 is 0 Å². The number of aromatic hydroxyl groups is 1. The van der Waals surface area contributed by atoms with Crippen molar-refractivity contribution in [1.82, 2.24) is 15.0 Å². The van der Waals surface area contributed by atoms with Crippen LogP contribution in [0.2, 0.25) is 0 Å². The number of imidazole rings is 1. The fourth-order valence-corrected chi connectivity index (χ4v) is 2.76. The molecular weight excluding hydrogens is 312 g/mol. The van der Waals surface area contributed by atoms with Crippen LogP contribution in [0.15, 0.2) is 35.6 Å². The Morgan fingerprint density at radius 1 is 1.35 bits per heavy atom. The lowest BCUT2D eigenvalue weighted by Gasteiger charge is -2.06. The fourth-order valence-electron chi connectivity index (χ4n) is 2.07. The van der Waals surface area contributed by atoms with Gasteiger partial charge in [0.25, 0.3) is 0 Å². The van der Waals surface area contributed by atoms with Gasteiger partial charge in [0.05, 0.1) is 23.0 Å². The molecule has 6 nitrogen and oxygen atoms in total. The zero-order valence-corrected chi connectivity index (χ0v) is 13.6. The molecule has 3 rings (SSSR count). The first-order valence-electron chi connectivity index (χ1n) is 7.06. The second-order valence-corrected chi connectivity index (χ2v) is 6.19. The zero-order valence-electron chi connectivity index (χ0n) is 12.8. The SMILES string of the molecule is Cc1cc2nc(SCC(=O)Nc3ccc(C)c(O)c3)[nH]c2cn1. The first-order chi connectivity index (χ1) is 11.0. The van der Waals surface area contributed by atoms with Crippen LogP contribution in [-0.4, -0.2) is 31.7 Å². The van der Waals surface area contributed by atoms with Gasteiger partial charge in [-0.2, -0.15) is 0 Å². The Morgan fingerprint density at radius 3 is 2.96 bits per heavy atom. The highest BCUT2D eigenvalue weighted by atomic mass is 32.2. The van der Waals surface area contributed by atoms with E-state index in [-0.39, 0.29) is 17.4 Å². The van der Waals surface area contributed by atoms with Gasteiger partial charge in [0, 0.05) is 17.4 Å². The van der Waals surface area contributed by atoms with Gasteiger partial charge in [0.1, 0.15) is 5.75 Å². The van der Waals surface area contributed by atoms with Gasteiger partial charge in [-0.3, -0.25) is 9.78 Å². The molecule has 0 aliphatic carbocycles. The molecule has 1 aromatic carbocycles. The van der Waals surface area contributed by atoms with E-state index in [0.29, 0.717) is 10.8 Å². The minimum atomic E-state index is -0.159. The minimum absolute atomic E-state index is 0.159. The molecule has 2 heterocycles. The molecule has 0 atom stereocenters. The average molecular weight is 328 g/mol. The number of nitrogens with zero attached hydrogens (tertiary/aromatic N) is 2. The van der Waals surface area contributed by atoms with Crippen molar-refractivity contribution in [3.63, 3.8) is 0 Å². The van der Waals surface area contributed by atoms with Crippen LogP contribution in [0, 0.1) is 13.8 Å². The maximum absolute atomic E-state index is 12.0. The number of phenols is 1. The molecular formula is C16H16N4O2S. The number of fused-ring (bicyclic) bond motifs is 1. The largest absolute Gasteiger partial charge is 0.508 e. The summed E-state index contributed by atoms with van der Waals surface area (Å²) in [6, 6.07) is 6.94. The molecule has 118 valence electrons. The Labute approximate surface area is 137 Å². The Balaban J connectivity index is 1.62. The summed E-state index contributed by atoms with van der Waals surface area (Å²) in [4.78, 5) is 23.7. The molecule has 0 saturated carbocycles. The lowest BCUT2D eigenvalue weighted by molar-refractivity contribution is -0.113. The highest BCUT2D eigenvalue weighted by Gasteiger charge is 2.08. The number of anilines is 1. The Hall–Kier alpha value is -2.54. The number of thioether (sulfide) groups is 1. The molecule has 0 saturated heterocycles. The van der Waals surface area contributed by atoms with Crippen LogP contribution in [0.3, 0.4) is 0 Å². The number of aromatic amines is 1. The van der Waals surface area contributed by atoms with E-state index in [1.165, 1.54) is 17.8 Å². The molecule has 1 amide bonds. The van der Waals surface area contributed by atoms with E-state index in [0.717, 1.165) is 22.3 Å². The number of H-pyrrole nitrogens is 1. The lowest BCUT2D eigenvalue weighted by atomic mass is 10.2. The Morgan fingerprint density at radius 2 is 2.17 bits per heavy atom. The maximum atomic E-state index is 12.0. The van der Waals surface area contributed by atoms with Crippen LogP contribution in [-0.2, 0) is 4.79 Å². The van der Waals surface area contributed by atoms with Gasteiger partial charge in [-0.1, -0.05) is 17.8 Å². The number of aryl methyl sites for hydroxylation is 2. The van der Waals surface area contributed by atoms with Crippen LogP contribution >= 0.6 is 11.8 Å². The number of nitrogens with one attached hydrogen (secondary N) is 2. The van der Waals surface area contributed by atoms with Crippen LogP contribution in [0.25, 0.3) is 11.0 Å². The molecule has 0 aliphatic heterocycles. The van der Waals surface area contributed by atoms with E-state index in [4.69, 9.17) is 0 Å². The summed E-state index contributed by atoms with van der Waals surface area (Å²) in [5.74, 6) is 0.226. The number of benzene rings is 1. The molecule has 2 aromatic heterocycles. The third-order valence-electron chi connectivity index (χ3n) is 3.32. The van der Waals surface area contributed by atoms with Crippen molar-refractivity contribution in [2.24, 2.45) is 0 Å². The number of rotatable bonds is 4. The van der Waals surface area contributed by atoms with Gasteiger partial charge in [-0.15, -0.1) is 0 Å². The van der Waals surface area contributed by atoms with Crippen molar-refractivity contribution in [3.05, 3.63) is 41.7 Å². The van der Waals surface area contributed by atoms with Crippen molar-refractivity contribution in [2.75, 3.05) is 11.1 Å². The summed E-state index contributed by atoms with van der Waals surface area (Å²) in [5, 5.41) is 13.1. The number of phenolic OH excluding ortho intramolecular Hbond substituents is 1. The van der Waals surface area contributed by atoms with Crippen LogP contribution < -0.4 is 5.32 Å². The van der Waals surface area contributed by atoms with E-state index in [9.17, 15) is 9.90 Å². The fraction of sp³-hybridized carbons (Fsp3) is 0.188. The standard InChI is InChI=1S/C16H16N4O2S/c1-9-3-4-11(6-14(9)21)18-15(22)8-23-16-19-12-5-10(2)17-7-13(12)20-16/h3-7,21H,8H2,1-2H3,(H,18,22)(H,19,20). The number of carbonyl (C=O) groups excluding carboxylic acids is 1. The Bertz CT molecular complexity index is 876. The average Bonchev–Trinajstić information content (AvgIpc) is 2.91. The van der Waals surface area contributed by atoms with Crippen LogP contribution in [0.5, 0.6) is 5.75 Å². The van der Waals surface area contributed by atoms with Crippen molar-refractivity contribution in [2.45, 2.75) is 19.0 Å². The van der Waals surface area contributed by atoms with Crippen LogP contribution in [0.1, 0.15) is 11.3 Å². The van der Waals surface area contributed by atoms with Gasteiger partial charge in [-0.25, -0.2) is 4.98 Å². The van der Waals surface area contributed by atoms with Crippen LogP contribution in [0.4, 0.5) is 5.69 Å². The summed E-state index contributed by atoms with van der Waals surface area (Å²) < 4.78 is 0. The second kappa shape index (κ2) is 6.29. The normalized spacial score (nSPS) is 10.9. The zero-order chi connectivity index (χ0) is 16.4. The quantitative estimate of drug-likeness (QED) is 0.640. The first kappa shape index (κ1) is 15.4. The minimum Gasteiger partial charge on any atom is -0.508 e. The molecule has 0 unspecified atom stereocenters. The van der Waals surface area contributed by atoms with Crippen molar-refractivity contribution >= 4 is 34.4 Å². The van der Waals surface area contributed by atoms with E-state index >= 15 is 0 Å². The summed E-state index contributed by atoms with van der Waals surface area (Å²) in [6.45, 7) is 3.71. The molecule has 0 bridgehead atoms. The van der Waals surface area contributed by atoms with Crippen molar-refractivity contribution in [3.8, 4) is 5.75 Å². The van der Waals surface area contributed by atoms with Gasteiger partial charge in [0.2, 0.25) is 5.91 Å². The lowest BCUT2D eigenvalue weighted by Crippen LogP contribution is -2.14. The third kappa shape index (κ3) is 3.62. The monoisotopic (exact) mass is 328 g/mol. The maximum Gasteiger partial charge on any atom is 0.234 e. The predicted octanol–water partition coefficient (Wildman–Crippen LogP) is 3.01. The number of aromatic nitrogens is 3. The summed E-state index contributed by atoms with van der Waals surface area (Å²) >= 11 is 1.32. The number of carbonyl (C=O) groups is 1. The molecule has 0 radical (unpaired) electrons. The van der Waals surface area contributed by atoms with Gasteiger partial charge >= 0.3 is 0 Å². The number of hydrogen-bond acceptors (Lipinski definition) is 5. The summed E-state index contributed by atoms with van der Waals surface area (Å²) in [5.41, 5.74) is 3.93. The third-order valence-corrected chi connectivity index (χ3v) is 4.19. The molecule has 0 aliphatic rings. The van der Waals surface area contributed by atoms with Crippen molar-refractivity contribution < 1.29 is 9.90 Å². The van der Waals surface area contributed by atoms with E-state index in [1.807, 2.05) is 13.0 Å². The van der Waals surface area contributed by atoms with Gasteiger partial charge < -0.3 is 15.4 Å². The second-order valence-electron chi connectivity index (χ2n) is 5.22. The summed E-state index contributed by atoms with van der Waals surface area (Å²) in [6.07, 6.45) is 1.73. The van der Waals surface area contributed by atoms with E-state index in [1.54, 1.807) is 25.3 Å². The highest BCUT2D eigenvalue weighted by Crippen LogP contribution is 2.22. The predicted molar refractivity (Wildman–Crippen MR) is 90.8 cm³/mol. The molecule has 0 spiro atoms. The first-order valence-corrected chi connectivity index (χ1v) is 8.04. The van der Waals surface area contributed by atoms with Gasteiger partial charge in [-0.05, 0) is 31.5 Å².